The van der Waals surface area contributed by atoms with Gasteiger partial charge in [-0.15, -0.1) is 0 Å². The monoisotopic (exact) mass is 420 g/mol. The van der Waals surface area contributed by atoms with E-state index < -0.39 is 33.1 Å². The van der Waals surface area contributed by atoms with Crippen molar-refractivity contribution in [1.29, 1.82) is 0 Å². The first-order chi connectivity index (χ1) is 13.7. The molecule has 0 spiro atoms. The third kappa shape index (κ3) is 5.28. The second-order valence-electron chi connectivity index (χ2n) is 6.71. The number of nitrogens with zero attached hydrogens (tertiary/aromatic N) is 2. The average Bonchev–Trinajstić information content (AvgIpc) is 3.02. The standard InChI is InChI=1S/C18H20N4O6S/c23-18(24)19-16-11-21(10-13-4-2-1-3-5-13)12-17(16)20-29(27,28)15-8-6-14(7-9-15)22(25)26/h1-9,16-17,19-20H,10-12H2,(H,23,24)/t16-,17+/m1/s1. The molecule has 2 aromatic rings. The van der Waals surface area contributed by atoms with Crippen molar-refractivity contribution >= 4 is 21.8 Å². The summed E-state index contributed by atoms with van der Waals surface area (Å²) in [6.07, 6.45) is -1.24. The van der Waals surface area contributed by atoms with Gasteiger partial charge in [0.15, 0.2) is 0 Å². The number of sulfonamides is 1. The van der Waals surface area contributed by atoms with Gasteiger partial charge >= 0.3 is 6.09 Å². The van der Waals surface area contributed by atoms with Crippen molar-refractivity contribution in [2.45, 2.75) is 23.5 Å². The predicted octanol–water partition coefficient (Wildman–Crippen LogP) is 1.39. The van der Waals surface area contributed by atoms with Crippen LogP contribution in [0.5, 0.6) is 0 Å². The molecule has 1 saturated heterocycles. The van der Waals surface area contributed by atoms with Crippen LogP contribution >= 0.6 is 0 Å². The van der Waals surface area contributed by atoms with Gasteiger partial charge < -0.3 is 10.4 Å². The molecule has 0 aliphatic carbocycles. The highest BCUT2D eigenvalue weighted by atomic mass is 32.2. The smallest absolute Gasteiger partial charge is 0.404 e. The summed E-state index contributed by atoms with van der Waals surface area (Å²) < 4.78 is 27.9. The Morgan fingerprint density at radius 2 is 1.72 bits per heavy atom. The van der Waals surface area contributed by atoms with Crippen molar-refractivity contribution in [1.82, 2.24) is 14.9 Å². The van der Waals surface area contributed by atoms with Crippen LogP contribution in [0, 0.1) is 10.1 Å². The van der Waals surface area contributed by atoms with Crippen LogP contribution in [0.4, 0.5) is 10.5 Å². The highest BCUT2D eigenvalue weighted by Gasteiger charge is 2.36. The molecular formula is C18H20N4O6S. The number of nitrogens with one attached hydrogen (secondary N) is 2. The van der Waals surface area contributed by atoms with Gasteiger partial charge in [-0.2, -0.15) is 0 Å². The molecule has 10 nitrogen and oxygen atoms in total. The van der Waals surface area contributed by atoms with Crippen LogP contribution < -0.4 is 10.0 Å². The van der Waals surface area contributed by atoms with E-state index in [0.717, 1.165) is 29.8 Å². The SMILES string of the molecule is O=C(O)N[C@@H]1CN(Cc2ccccc2)C[C@@H]1NS(=O)(=O)c1ccc([N+](=O)[O-])cc1. The van der Waals surface area contributed by atoms with E-state index in [-0.39, 0.29) is 10.6 Å². The molecule has 3 N–H and O–H groups in total. The highest BCUT2D eigenvalue weighted by molar-refractivity contribution is 7.89. The van der Waals surface area contributed by atoms with E-state index in [9.17, 15) is 23.3 Å². The molecule has 29 heavy (non-hydrogen) atoms. The number of carboxylic acid groups (broad SMARTS) is 1. The van der Waals surface area contributed by atoms with Gasteiger partial charge in [0.2, 0.25) is 10.0 Å². The zero-order valence-electron chi connectivity index (χ0n) is 15.3. The molecule has 3 rings (SSSR count). The van der Waals surface area contributed by atoms with Gasteiger partial charge in [-0.1, -0.05) is 30.3 Å². The number of amides is 1. The predicted molar refractivity (Wildman–Crippen MR) is 104 cm³/mol. The van der Waals surface area contributed by atoms with Gasteiger partial charge in [-0.25, -0.2) is 17.9 Å². The summed E-state index contributed by atoms with van der Waals surface area (Å²) in [5, 5.41) is 22.2. The van der Waals surface area contributed by atoms with E-state index in [1.807, 2.05) is 35.2 Å². The zero-order valence-corrected chi connectivity index (χ0v) is 16.1. The topological polar surface area (TPSA) is 142 Å². The fourth-order valence-electron chi connectivity index (χ4n) is 3.29. The fourth-order valence-corrected chi connectivity index (χ4v) is 4.56. The molecule has 1 heterocycles. The first kappa shape index (κ1) is 20.7. The number of nitro groups is 1. The third-order valence-corrected chi connectivity index (χ3v) is 6.12. The zero-order chi connectivity index (χ0) is 21.0. The Balaban J connectivity index is 1.75. The van der Waals surface area contributed by atoms with Gasteiger partial charge in [0.1, 0.15) is 0 Å². The van der Waals surface area contributed by atoms with E-state index in [1.54, 1.807) is 0 Å². The Bertz CT molecular complexity index is 981. The summed E-state index contributed by atoms with van der Waals surface area (Å²) in [7, 11) is -3.98. The molecule has 0 radical (unpaired) electrons. The van der Waals surface area contributed by atoms with E-state index in [2.05, 4.69) is 10.0 Å². The van der Waals surface area contributed by atoms with Crippen LogP contribution in [0.1, 0.15) is 5.56 Å². The van der Waals surface area contributed by atoms with Crippen LogP contribution in [0.2, 0.25) is 0 Å². The summed E-state index contributed by atoms with van der Waals surface area (Å²) >= 11 is 0. The van der Waals surface area contributed by atoms with Crippen molar-refractivity contribution in [2.75, 3.05) is 13.1 Å². The van der Waals surface area contributed by atoms with Crippen LogP contribution in [-0.2, 0) is 16.6 Å². The number of benzene rings is 2. The molecule has 1 amide bonds. The molecule has 1 fully saturated rings. The van der Waals surface area contributed by atoms with Crippen molar-refractivity contribution in [3.63, 3.8) is 0 Å². The van der Waals surface area contributed by atoms with Gasteiger partial charge in [0, 0.05) is 31.8 Å². The molecule has 1 aliphatic heterocycles. The second kappa shape index (κ2) is 8.55. The lowest BCUT2D eigenvalue weighted by Crippen LogP contribution is -2.50. The van der Waals surface area contributed by atoms with Gasteiger partial charge in [-0.3, -0.25) is 15.0 Å². The van der Waals surface area contributed by atoms with Gasteiger partial charge in [0.25, 0.3) is 5.69 Å². The molecule has 0 bridgehead atoms. The maximum Gasteiger partial charge on any atom is 0.404 e. The van der Waals surface area contributed by atoms with Gasteiger partial charge in [-0.05, 0) is 17.7 Å². The number of non-ortho nitro benzene ring substituents is 1. The van der Waals surface area contributed by atoms with Crippen LogP contribution in [0.3, 0.4) is 0 Å². The number of nitro benzene ring substituents is 1. The number of hydrogen-bond acceptors (Lipinski definition) is 6. The molecular weight excluding hydrogens is 400 g/mol. The number of likely N-dealkylation sites (tertiary alicyclic amines) is 1. The fraction of sp³-hybridized carbons (Fsp3) is 0.278. The number of carbonyl (C=O) groups is 1. The molecule has 1 aliphatic rings. The molecule has 11 heteroatoms. The molecule has 2 atom stereocenters. The van der Waals surface area contributed by atoms with Crippen molar-refractivity contribution in [3.8, 4) is 0 Å². The molecule has 2 aromatic carbocycles. The summed E-state index contributed by atoms with van der Waals surface area (Å²) in [6.45, 7) is 1.20. The lowest BCUT2D eigenvalue weighted by molar-refractivity contribution is -0.384. The maximum atomic E-state index is 12.7. The number of rotatable bonds is 7. The summed E-state index contributed by atoms with van der Waals surface area (Å²) in [6, 6.07) is 12.8. The maximum absolute atomic E-state index is 12.7. The van der Waals surface area contributed by atoms with E-state index in [1.165, 1.54) is 0 Å². The minimum absolute atomic E-state index is 0.126. The van der Waals surface area contributed by atoms with Gasteiger partial charge in [0.05, 0.1) is 21.9 Å². The Hall–Kier alpha value is -3.02. The van der Waals surface area contributed by atoms with Crippen LogP contribution in [-0.4, -0.2) is 54.6 Å². The number of hydrogen-bond donors (Lipinski definition) is 3. The quantitative estimate of drug-likeness (QED) is 0.454. The first-order valence-corrected chi connectivity index (χ1v) is 10.3. The summed E-state index contributed by atoms with van der Waals surface area (Å²) in [5.74, 6) is 0. The van der Waals surface area contributed by atoms with E-state index in [0.29, 0.717) is 19.6 Å². The Labute approximate surface area is 167 Å². The van der Waals surface area contributed by atoms with Crippen molar-refractivity contribution in [2.24, 2.45) is 0 Å². The minimum Gasteiger partial charge on any atom is -0.465 e. The first-order valence-electron chi connectivity index (χ1n) is 8.77. The lowest BCUT2D eigenvalue weighted by atomic mass is 10.2. The lowest BCUT2D eigenvalue weighted by Gasteiger charge is -2.19. The van der Waals surface area contributed by atoms with Crippen LogP contribution in [0.15, 0.2) is 59.5 Å². The molecule has 0 saturated carbocycles. The largest absolute Gasteiger partial charge is 0.465 e. The van der Waals surface area contributed by atoms with Crippen molar-refractivity contribution in [3.05, 3.63) is 70.3 Å². The van der Waals surface area contributed by atoms with E-state index in [4.69, 9.17) is 5.11 Å². The Kier molecular flexibility index (Phi) is 6.11. The highest BCUT2D eigenvalue weighted by Crippen LogP contribution is 2.19. The normalized spacial score (nSPS) is 19.7. The molecule has 0 unspecified atom stereocenters. The second-order valence-corrected chi connectivity index (χ2v) is 8.43. The third-order valence-electron chi connectivity index (χ3n) is 4.62. The molecule has 0 aromatic heterocycles. The Morgan fingerprint density at radius 1 is 1.10 bits per heavy atom. The van der Waals surface area contributed by atoms with Crippen molar-refractivity contribution < 1.29 is 23.2 Å². The minimum atomic E-state index is -3.98. The van der Waals surface area contributed by atoms with Crippen LogP contribution in [0.25, 0.3) is 0 Å². The summed E-state index contributed by atoms with van der Waals surface area (Å²) in [5.41, 5.74) is 0.810. The summed E-state index contributed by atoms with van der Waals surface area (Å²) in [4.78, 5) is 23.1. The molecule has 154 valence electrons. The Morgan fingerprint density at radius 3 is 2.31 bits per heavy atom. The average molecular weight is 420 g/mol. The van der Waals surface area contributed by atoms with E-state index >= 15 is 0 Å².